The second-order valence-corrected chi connectivity index (χ2v) is 7.34. The molecule has 0 N–H and O–H groups in total. The molecule has 0 radical (unpaired) electrons. The van der Waals surface area contributed by atoms with Crippen LogP contribution in [-0.2, 0) is 9.53 Å². The molecule has 0 amide bonds. The molecule has 0 unspecified atom stereocenters. The van der Waals surface area contributed by atoms with Gasteiger partial charge in [-0.2, -0.15) is 9.50 Å². The van der Waals surface area contributed by atoms with Crippen LogP contribution in [0.5, 0.6) is 0 Å². The number of ether oxygens (including phenoxy) is 1. The van der Waals surface area contributed by atoms with E-state index in [4.69, 9.17) is 9.72 Å². The van der Waals surface area contributed by atoms with Crippen LogP contribution in [-0.4, -0.2) is 61.0 Å². The molecule has 146 valence electrons. The fraction of sp³-hybridized carbons (Fsp3) is 0.444. The van der Waals surface area contributed by atoms with Gasteiger partial charge in [-0.3, -0.25) is 4.79 Å². The van der Waals surface area contributed by atoms with Crippen LogP contribution in [0.4, 0.5) is 5.95 Å². The van der Waals surface area contributed by atoms with Gasteiger partial charge in [0.2, 0.25) is 11.1 Å². The van der Waals surface area contributed by atoms with Crippen LogP contribution in [0.15, 0.2) is 23.6 Å². The maximum Gasteiger partial charge on any atom is 0.316 e. The number of nitrogens with zero attached hydrogens (tertiary/aromatic N) is 7. The highest BCUT2D eigenvalue weighted by Gasteiger charge is 2.18. The first-order valence-electron chi connectivity index (χ1n) is 9.25. The number of aromatic nitrogens is 6. The quantitative estimate of drug-likeness (QED) is 0.456. The lowest BCUT2D eigenvalue weighted by molar-refractivity contribution is -0.139. The molecule has 28 heavy (non-hydrogen) atoms. The third-order valence-electron chi connectivity index (χ3n) is 4.52. The lowest BCUT2D eigenvalue weighted by atomic mass is 10.2. The van der Waals surface area contributed by atoms with Crippen LogP contribution in [0.25, 0.3) is 17.0 Å². The Morgan fingerprint density at radius 3 is 2.86 bits per heavy atom. The molecule has 3 aromatic heterocycles. The minimum Gasteiger partial charge on any atom is -0.465 e. The van der Waals surface area contributed by atoms with Gasteiger partial charge < -0.3 is 9.64 Å². The van der Waals surface area contributed by atoms with Gasteiger partial charge >= 0.3 is 5.97 Å². The average Bonchev–Trinajstić information content (AvgIpc) is 3.37. The van der Waals surface area contributed by atoms with Gasteiger partial charge in [0.15, 0.2) is 0 Å². The number of fused-ring (bicyclic) bond motifs is 1. The fourth-order valence-electron chi connectivity index (χ4n) is 3.13. The van der Waals surface area contributed by atoms with E-state index in [-0.39, 0.29) is 11.7 Å². The van der Waals surface area contributed by atoms with E-state index < -0.39 is 0 Å². The topological polar surface area (TPSA) is 98.4 Å². The van der Waals surface area contributed by atoms with Gasteiger partial charge in [0.05, 0.1) is 23.7 Å². The van der Waals surface area contributed by atoms with Crippen molar-refractivity contribution in [1.82, 2.24) is 29.5 Å². The van der Waals surface area contributed by atoms with E-state index in [2.05, 4.69) is 25.0 Å². The highest BCUT2D eigenvalue weighted by atomic mass is 32.2. The van der Waals surface area contributed by atoms with Crippen LogP contribution in [0.3, 0.4) is 0 Å². The van der Waals surface area contributed by atoms with Crippen molar-refractivity contribution in [3.8, 4) is 11.3 Å². The molecule has 0 bridgehead atoms. The summed E-state index contributed by atoms with van der Waals surface area (Å²) in [7, 11) is 0. The largest absolute Gasteiger partial charge is 0.465 e. The van der Waals surface area contributed by atoms with Gasteiger partial charge in [-0.1, -0.05) is 11.8 Å². The van der Waals surface area contributed by atoms with Crippen LogP contribution < -0.4 is 4.90 Å². The molecular formula is C18H21N7O2S. The lowest BCUT2D eigenvalue weighted by Crippen LogP contribution is -2.20. The third kappa shape index (κ3) is 3.77. The Hall–Kier alpha value is -2.75. The second-order valence-electron chi connectivity index (χ2n) is 6.39. The first kappa shape index (κ1) is 18.6. The summed E-state index contributed by atoms with van der Waals surface area (Å²) in [5, 5.41) is 4.96. The zero-order chi connectivity index (χ0) is 19.5. The lowest BCUT2D eigenvalue weighted by Gasteiger charge is -2.15. The predicted octanol–water partition coefficient (Wildman–Crippen LogP) is 2.15. The SMILES string of the molecule is CCOC(=O)CSc1nc2ncc(-c3ccnc(N4CCCC4)n3)c(C)n2n1. The molecule has 1 aliphatic heterocycles. The predicted molar refractivity (Wildman–Crippen MR) is 105 cm³/mol. The first-order valence-corrected chi connectivity index (χ1v) is 10.2. The summed E-state index contributed by atoms with van der Waals surface area (Å²) in [4.78, 5) is 31.7. The van der Waals surface area contributed by atoms with E-state index in [1.54, 1.807) is 23.8 Å². The molecule has 0 aliphatic carbocycles. The van der Waals surface area contributed by atoms with Crippen LogP contribution in [0.2, 0.25) is 0 Å². The minimum absolute atomic E-state index is 0.168. The van der Waals surface area contributed by atoms with E-state index in [1.807, 2.05) is 13.0 Å². The number of carbonyl (C=O) groups excluding carboxylic acids is 1. The molecule has 4 rings (SSSR count). The van der Waals surface area contributed by atoms with Crippen LogP contribution in [0, 0.1) is 6.92 Å². The van der Waals surface area contributed by atoms with Crippen molar-refractivity contribution in [3.63, 3.8) is 0 Å². The minimum atomic E-state index is -0.285. The van der Waals surface area contributed by atoms with Crippen molar-refractivity contribution >= 4 is 29.5 Å². The number of esters is 1. The summed E-state index contributed by atoms with van der Waals surface area (Å²) in [6.07, 6.45) is 5.88. The van der Waals surface area contributed by atoms with Gasteiger partial charge in [-0.15, -0.1) is 5.10 Å². The Morgan fingerprint density at radius 1 is 1.25 bits per heavy atom. The Kier molecular flexibility index (Phi) is 5.38. The van der Waals surface area contributed by atoms with Gasteiger partial charge in [0, 0.05) is 31.0 Å². The highest BCUT2D eigenvalue weighted by molar-refractivity contribution is 7.99. The van der Waals surface area contributed by atoms with E-state index >= 15 is 0 Å². The number of rotatable bonds is 6. The van der Waals surface area contributed by atoms with Crippen LogP contribution in [0.1, 0.15) is 25.5 Å². The zero-order valence-electron chi connectivity index (χ0n) is 15.8. The maximum absolute atomic E-state index is 11.5. The van der Waals surface area contributed by atoms with E-state index in [0.29, 0.717) is 17.5 Å². The summed E-state index contributed by atoms with van der Waals surface area (Å²) in [5.41, 5.74) is 2.56. The Labute approximate surface area is 166 Å². The summed E-state index contributed by atoms with van der Waals surface area (Å²) >= 11 is 1.23. The molecule has 3 aromatic rings. The smallest absolute Gasteiger partial charge is 0.316 e. The normalized spacial score (nSPS) is 14.0. The highest BCUT2D eigenvalue weighted by Crippen LogP contribution is 2.24. The van der Waals surface area contributed by atoms with Gasteiger partial charge in [0.25, 0.3) is 5.78 Å². The van der Waals surface area contributed by atoms with Gasteiger partial charge in [0.1, 0.15) is 0 Å². The van der Waals surface area contributed by atoms with E-state index in [1.165, 1.54) is 24.6 Å². The molecule has 4 heterocycles. The van der Waals surface area contributed by atoms with Gasteiger partial charge in [-0.25, -0.2) is 15.0 Å². The average molecular weight is 399 g/mol. The molecule has 0 atom stereocenters. The van der Waals surface area contributed by atoms with Crippen molar-refractivity contribution in [2.75, 3.05) is 30.3 Å². The monoisotopic (exact) mass is 399 g/mol. The number of aryl methyl sites for hydroxylation is 1. The first-order chi connectivity index (χ1) is 13.7. The molecule has 1 fully saturated rings. The number of hydrogen-bond acceptors (Lipinski definition) is 9. The van der Waals surface area contributed by atoms with Gasteiger partial charge in [-0.05, 0) is 32.8 Å². The molecule has 0 saturated carbocycles. The van der Waals surface area contributed by atoms with Crippen molar-refractivity contribution in [3.05, 3.63) is 24.2 Å². The van der Waals surface area contributed by atoms with Crippen molar-refractivity contribution in [2.24, 2.45) is 0 Å². The summed E-state index contributed by atoms with van der Waals surface area (Å²) in [6, 6.07) is 1.88. The number of hydrogen-bond donors (Lipinski definition) is 0. The Morgan fingerprint density at radius 2 is 2.07 bits per heavy atom. The fourth-order valence-corrected chi connectivity index (χ4v) is 3.75. The molecule has 1 saturated heterocycles. The number of thioether (sulfide) groups is 1. The number of carbonyl (C=O) groups is 1. The zero-order valence-corrected chi connectivity index (χ0v) is 16.6. The summed E-state index contributed by atoms with van der Waals surface area (Å²) < 4.78 is 6.62. The van der Waals surface area contributed by atoms with Crippen molar-refractivity contribution < 1.29 is 9.53 Å². The Bertz CT molecular complexity index is 1000. The summed E-state index contributed by atoms with van der Waals surface area (Å²) in [6.45, 7) is 6.08. The molecule has 10 heteroatoms. The molecular weight excluding hydrogens is 378 g/mol. The van der Waals surface area contributed by atoms with E-state index in [9.17, 15) is 4.79 Å². The van der Waals surface area contributed by atoms with Crippen molar-refractivity contribution in [2.45, 2.75) is 31.8 Å². The third-order valence-corrected chi connectivity index (χ3v) is 5.33. The molecule has 1 aliphatic rings. The molecule has 0 aromatic carbocycles. The Balaban J connectivity index is 1.61. The number of anilines is 1. The molecule has 0 spiro atoms. The van der Waals surface area contributed by atoms with Crippen molar-refractivity contribution in [1.29, 1.82) is 0 Å². The molecule has 9 nitrogen and oxygen atoms in total. The van der Waals surface area contributed by atoms with Crippen LogP contribution >= 0.6 is 11.8 Å². The second kappa shape index (κ2) is 8.09. The standard InChI is InChI=1S/C18H21N7O2S/c1-3-27-15(26)11-28-18-22-17-20-10-13(12(2)25(17)23-18)14-6-7-19-16(21-14)24-8-4-5-9-24/h6-7,10H,3-5,8-9,11H2,1-2H3. The maximum atomic E-state index is 11.5. The summed E-state index contributed by atoms with van der Waals surface area (Å²) in [5.74, 6) is 1.12. The van der Waals surface area contributed by atoms with E-state index in [0.717, 1.165) is 36.0 Å².